The summed E-state index contributed by atoms with van der Waals surface area (Å²) in [4.78, 5) is 12.2. The zero-order valence-corrected chi connectivity index (χ0v) is 15.5. The molecule has 5 heteroatoms. The van der Waals surface area contributed by atoms with Crippen LogP contribution in [-0.2, 0) is 29.1 Å². The lowest BCUT2D eigenvalue weighted by molar-refractivity contribution is -0.123. The summed E-state index contributed by atoms with van der Waals surface area (Å²) in [6.07, 6.45) is 0.835. The van der Waals surface area contributed by atoms with Crippen molar-refractivity contribution in [1.29, 1.82) is 0 Å². The van der Waals surface area contributed by atoms with Crippen molar-refractivity contribution in [2.75, 3.05) is 13.7 Å². The number of fused-ring (bicyclic) bond motifs is 1. The van der Waals surface area contributed by atoms with E-state index in [1.807, 2.05) is 56.3 Å². The predicted molar refractivity (Wildman–Crippen MR) is 99.3 cm³/mol. The highest BCUT2D eigenvalue weighted by Crippen LogP contribution is 2.41. The van der Waals surface area contributed by atoms with Crippen molar-refractivity contribution < 1.29 is 19.0 Å². The van der Waals surface area contributed by atoms with E-state index in [4.69, 9.17) is 14.2 Å². The number of benzene rings is 2. The molecule has 2 aromatic carbocycles. The summed E-state index contributed by atoms with van der Waals surface area (Å²) < 4.78 is 16.9. The van der Waals surface area contributed by atoms with Gasteiger partial charge < -0.3 is 19.5 Å². The van der Waals surface area contributed by atoms with Crippen LogP contribution in [0, 0.1) is 0 Å². The van der Waals surface area contributed by atoms with Crippen molar-refractivity contribution in [2.24, 2.45) is 0 Å². The summed E-state index contributed by atoms with van der Waals surface area (Å²) in [5.74, 6) is 1.19. The van der Waals surface area contributed by atoms with Crippen LogP contribution in [0.15, 0.2) is 42.5 Å². The minimum Gasteiger partial charge on any atom is -0.483 e. The molecule has 0 fully saturated rings. The molecule has 1 heterocycles. The van der Waals surface area contributed by atoms with Crippen molar-refractivity contribution in [2.45, 2.75) is 39.0 Å². The SMILES string of the molecule is COCc1ccccc1CNC(=O)COc1cccc2c1OC(C)(C)C2. The Labute approximate surface area is 154 Å². The van der Waals surface area contributed by atoms with E-state index in [0.717, 1.165) is 28.9 Å². The molecule has 1 N–H and O–H groups in total. The Bertz CT molecular complexity index is 785. The molecule has 1 aliphatic heterocycles. The maximum absolute atomic E-state index is 12.2. The molecule has 138 valence electrons. The molecule has 0 radical (unpaired) electrons. The summed E-state index contributed by atoms with van der Waals surface area (Å²) in [7, 11) is 1.66. The topological polar surface area (TPSA) is 56.8 Å². The van der Waals surface area contributed by atoms with Gasteiger partial charge in [0.25, 0.3) is 5.91 Å². The molecule has 0 aliphatic carbocycles. The second kappa shape index (κ2) is 7.79. The molecule has 0 atom stereocenters. The first-order valence-electron chi connectivity index (χ1n) is 8.74. The highest BCUT2D eigenvalue weighted by atomic mass is 16.5. The van der Waals surface area contributed by atoms with E-state index in [2.05, 4.69) is 5.32 Å². The molecule has 0 bridgehead atoms. The Hall–Kier alpha value is -2.53. The van der Waals surface area contributed by atoms with E-state index in [-0.39, 0.29) is 18.1 Å². The molecule has 26 heavy (non-hydrogen) atoms. The molecular formula is C21H25NO4. The summed E-state index contributed by atoms with van der Waals surface area (Å²) in [6.45, 7) is 5.00. The van der Waals surface area contributed by atoms with Crippen LogP contribution < -0.4 is 14.8 Å². The first-order chi connectivity index (χ1) is 12.5. The largest absolute Gasteiger partial charge is 0.483 e. The fourth-order valence-corrected chi connectivity index (χ4v) is 3.12. The Kier molecular flexibility index (Phi) is 5.47. The summed E-state index contributed by atoms with van der Waals surface area (Å²) in [5.41, 5.74) is 2.97. The van der Waals surface area contributed by atoms with E-state index < -0.39 is 0 Å². The van der Waals surface area contributed by atoms with Gasteiger partial charge >= 0.3 is 0 Å². The number of amides is 1. The van der Waals surface area contributed by atoms with Gasteiger partial charge in [0.1, 0.15) is 5.60 Å². The van der Waals surface area contributed by atoms with E-state index in [0.29, 0.717) is 18.9 Å². The number of hydrogen-bond donors (Lipinski definition) is 1. The van der Waals surface area contributed by atoms with E-state index >= 15 is 0 Å². The third-order valence-electron chi connectivity index (χ3n) is 4.31. The summed E-state index contributed by atoms with van der Waals surface area (Å²) in [5, 5.41) is 2.89. The van der Waals surface area contributed by atoms with Crippen molar-refractivity contribution in [3.05, 3.63) is 59.2 Å². The van der Waals surface area contributed by atoms with Gasteiger partial charge in [0, 0.05) is 25.6 Å². The van der Waals surface area contributed by atoms with Crippen molar-refractivity contribution in [3.63, 3.8) is 0 Å². The second-order valence-corrected chi connectivity index (χ2v) is 7.05. The minimum absolute atomic E-state index is 0.0489. The highest BCUT2D eigenvalue weighted by molar-refractivity contribution is 5.77. The third-order valence-corrected chi connectivity index (χ3v) is 4.31. The molecule has 2 aromatic rings. The minimum atomic E-state index is -0.241. The van der Waals surface area contributed by atoms with Gasteiger partial charge in [0.15, 0.2) is 18.1 Å². The number of para-hydroxylation sites is 1. The number of carbonyl (C=O) groups excluding carboxylic acids is 1. The third kappa shape index (κ3) is 4.35. The van der Waals surface area contributed by atoms with Gasteiger partial charge in [-0.15, -0.1) is 0 Å². The molecule has 1 amide bonds. The number of methoxy groups -OCH3 is 1. The zero-order valence-electron chi connectivity index (χ0n) is 15.5. The number of ether oxygens (including phenoxy) is 3. The summed E-state index contributed by atoms with van der Waals surface area (Å²) >= 11 is 0. The van der Waals surface area contributed by atoms with Crippen LogP contribution in [0.2, 0.25) is 0 Å². The van der Waals surface area contributed by atoms with Crippen LogP contribution in [0.25, 0.3) is 0 Å². The van der Waals surface area contributed by atoms with Crippen molar-refractivity contribution >= 4 is 5.91 Å². The van der Waals surface area contributed by atoms with Crippen LogP contribution >= 0.6 is 0 Å². The summed E-state index contributed by atoms with van der Waals surface area (Å²) in [6, 6.07) is 13.7. The fourth-order valence-electron chi connectivity index (χ4n) is 3.12. The number of hydrogen-bond acceptors (Lipinski definition) is 4. The van der Waals surface area contributed by atoms with Crippen LogP contribution in [0.3, 0.4) is 0 Å². The van der Waals surface area contributed by atoms with Crippen molar-refractivity contribution in [3.8, 4) is 11.5 Å². The lowest BCUT2D eigenvalue weighted by Gasteiger charge is -2.18. The first-order valence-corrected chi connectivity index (χ1v) is 8.74. The molecular weight excluding hydrogens is 330 g/mol. The highest BCUT2D eigenvalue weighted by Gasteiger charge is 2.32. The quantitative estimate of drug-likeness (QED) is 0.828. The monoisotopic (exact) mass is 355 g/mol. The number of rotatable bonds is 7. The van der Waals surface area contributed by atoms with Gasteiger partial charge in [-0.1, -0.05) is 36.4 Å². The first kappa shape index (κ1) is 18.3. The predicted octanol–water partition coefficient (Wildman–Crippen LogP) is 3.24. The second-order valence-electron chi connectivity index (χ2n) is 7.05. The fraction of sp³-hybridized carbons (Fsp3) is 0.381. The lowest BCUT2D eigenvalue weighted by Crippen LogP contribution is -2.29. The Morgan fingerprint density at radius 2 is 1.92 bits per heavy atom. The van der Waals surface area contributed by atoms with Gasteiger partial charge in [0.05, 0.1) is 6.61 Å². The molecule has 0 saturated carbocycles. The smallest absolute Gasteiger partial charge is 0.258 e. The van der Waals surface area contributed by atoms with Crippen LogP contribution in [0.4, 0.5) is 0 Å². The average Bonchev–Trinajstić information content (AvgIpc) is 2.93. The van der Waals surface area contributed by atoms with Crippen molar-refractivity contribution in [1.82, 2.24) is 5.32 Å². The Morgan fingerprint density at radius 3 is 2.69 bits per heavy atom. The maximum Gasteiger partial charge on any atom is 0.258 e. The zero-order chi connectivity index (χ0) is 18.6. The molecule has 3 rings (SSSR count). The Morgan fingerprint density at radius 1 is 1.15 bits per heavy atom. The molecule has 0 unspecified atom stereocenters. The van der Waals surface area contributed by atoms with E-state index in [1.54, 1.807) is 7.11 Å². The van der Waals surface area contributed by atoms with Gasteiger partial charge in [-0.2, -0.15) is 0 Å². The number of carbonyl (C=O) groups is 1. The molecule has 1 aliphatic rings. The van der Waals surface area contributed by atoms with Gasteiger partial charge in [0.2, 0.25) is 0 Å². The van der Waals surface area contributed by atoms with Gasteiger partial charge in [-0.05, 0) is 31.0 Å². The van der Waals surface area contributed by atoms with Gasteiger partial charge in [-0.3, -0.25) is 4.79 Å². The molecule has 5 nitrogen and oxygen atoms in total. The van der Waals surface area contributed by atoms with Crippen LogP contribution in [0.5, 0.6) is 11.5 Å². The molecule has 0 aromatic heterocycles. The van der Waals surface area contributed by atoms with Crippen LogP contribution in [0.1, 0.15) is 30.5 Å². The standard InChI is InChI=1S/C21H25NO4/c1-21(2)11-15-9-6-10-18(20(15)26-21)25-14-19(23)22-12-16-7-4-5-8-17(16)13-24-3/h4-10H,11-14H2,1-3H3,(H,22,23). The van der Waals surface area contributed by atoms with E-state index in [9.17, 15) is 4.79 Å². The molecule has 0 saturated heterocycles. The maximum atomic E-state index is 12.2. The normalized spacial score (nSPS) is 14.4. The lowest BCUT2D eigenvalue weighted by atomic mass is 10.0. The van der Waals surface area contributed by atoms with Gasteiger partial charge in [-0.25, -0.2) is 0 Å². The molecule has 0 spiro atoms. The van der Waals surface area contributed by atoms with Crippen LogP contribution in [-0.4, -0.2) is 25.2 Å². The average molecular weight is 355 g/mol. The number of nitrogens with one attached hydrogen (secondary N) is 1. The van der Waals surface area contributed by atoms with E-state index in [1.165, 1.54) is 0 Å². The Balaban J connectivity index is 1.56.